The number of nitrogens with one attached hydrogen (secondary N) is 2. The molecular weight excluding hydrogens is 374 g/mol. The minimum atomic E-state index is -0.0221. The molecule has 3 aliphatic rings. The molecule has 2 saturated heterocycles. The molecule has 0 spiro atoms. The first kappa shape index (κ1) is 21.1. The van der Waals surface area contributed by atoms with E-state index in [0.717, 1.165) is 57.3 Å². The normalized spacial score (nSPS) is 23.8. The Morgan fingerprint density at radius 3 is 2.79 bits per heavy atom. The number of carbonyl (C=O) groups is 2. The Morgan fingerprint density at radius 2 is 1.96 bits per heavy atom. The van der Waals surface area contributed by atoms with Crippen LogP contribution in [0.1, 0.15) is 48.8 Å². The zero-order chi connectivity index (χ0) is 18.6. The van der Waals surface area contributed by atoms with Gasteiger partial charge in [0.15, 0.2) is 0 Å². The van der Waals surface area contributed by atoms with Gasteiger partial charge in [-0.15, -0.1) is 12.4 Å². The van der Waals surface area contributed by atoms with E-state index in [1.807, 2.05) is 4.90 Å². The molecule has 2 heterocycles. The van der Waals surface area contributed by atoms with Crippen molar-refractivity contribution in [2.75, 3.05) is 26.2 Å². The number of amides is 2. The van der Waals surface area contributed by atoms with Crippen molar-refractivity contribution in [1.82, 2.24) is 15.5 Å². The van der Waals surface area contributed by atoms with Crippen LogP contribution in [0.4, 0.5) is 0 Å². The van der Waals surface area contributed by atoms with Crippen molar-refractivity contribution in [1.29, 1.82) is 0 Å². The Labute approximate surface area is 174 Å². The highest BCUT2D eigenvalue weighted by molar-refractivity contribution is 5.85. The summed E-state index contributed by atoms with van der Waals surface area (Å²) in [4.78, 5) is 27.0. The Hall–Kier alpha value is -1.59. The van der Waals surface area contributed by atoms with Gasteiger partial charge >= 0.3 is 0 Å². The topological polar surface area (TPSA) is 61.4 Å². The van der Waals surface area contributed by atoms with Gasteiger partial charge in [-0.25, -0.2) is 0 Å². The maximum Gasteiger partial charge on any atom is 0.237 e. The van der Waals surface area contributed by atoms with Crippen LogP contribution in [0.25, 0.3) is 0 Å². The fraction of sp³-hybridized carbons (Fsp3) is 0.636. The van der Waals surface area contributed by atoms with E-state index >= 15 is 0 Å². The van der Waals surface area contributed by atoms with Crippen LogP contribution in [0, 0.1) is 5.92 Å². The zero-order valence-electron chi connectivity index (χ0n) is 16.5. The maximum absolute atomic E-state index is 12.8. The predicted molar refractivity (Wildman–Crippen MR) is 113 cm³/mol. The summed E-state index contributed by atoms with van der Waals surface area (Å²) >= 11 is 0. The van der Waals surface area contributed by atoms with E-state index in [-0.39, 0.29) is 30.3 Å². The average Bonchev–Trinajstić information content (AvgIpc) is 3.37. The van der Waals surface area contributed by atoms with Crippen molar-refractivity contribution in [3.8, 4) is 0 Å². The summed E-state index contributed by atoms with van der Waals surface area (Å²) in [5.41, 5.74) is 4.03. The van der Waals surface area contributed by atoms with Crippen molar-refractivity contribution < 1.29 is 9.59 Å². The van der Waals surface area contributed by atoms with E-state index in [9.17, 15) is 9.59 Å². The summed E-state index contributed by atoms with van der Waals surface area (Å²) in [6.45, 7) is 3.23. The molecule has 0 aromatic heterocycles. The van der Waals surface area contributed by atoms with Crippen LogP contribution in [-0.2, 0) is 28.9 Å². The molecule has 2 amide bonds. The van der Waals surface area contributed by atoms with E-state index in [0.29, 0.717) is 18.9 Å². The number of benzene rings is 1. The van der Waals surface area contributed by atoms with Gasteiger partial charge in [0, 0.05) is 19.6 Å². The van der Waals surface area contributed by atoms with Crippen LogP contribution < -0.4 is 10.6 Å². The smallest absolute Gasteiger partial charge is 0.237 e. The van der Waals surface area contributed by atoms with Gasteiger partial charge in [0.05, 0.1) is 12.5 Å². The van der Waals surface area contributed by atoms with E-state index in [1.54, 1.807) is 0 Å². The summed E-state index contributed by atoms with van der Waals surface area (Å²) in [6, 6.07) is 6.54. The summed E-state index contributed by atoms with van der Waals surface area (Å²) in [7, 11) is 0. The second-order valence-corrected chi connectivity index (χ2v) is 8.38. The van der Waals surface area contributed by atoms with E-state index < -0.39 is 0 Å². The molecule has 0 radical (unpaired) electrons. The number of carbonyl (C=O) groups excluding carboxylic acids is 2. The van der Waals surface area contributed by atoms with Gasteiger partial charge in [-0.1, -0.05) is 18.2 Å². The second kappa shape index (κ2) is 9.75. The molecule has 2 fully saturated rings. The first-order chi connectivity index (χ1) is 13.2. The third-order valence-corrected chi connectivity index (χ3v) is 6.33. The first-order valence-electron chi connectivity index (χ1n) is 10.6. The number of nitrogens with zero attached hydrogens (tertiary/aromatic N) is 1. The summed E-state index contributed by atoms with van der Waals surface area (Å²) in [5.74, 6) is 0.712. The Kier molecular flexibility index (Phi) is 7.36. The van der Waals surface area contributed by atoms with Crippen molar-refractivity contribution in [3.63, 3.8) is 0 Å². The number of halogens is 1. The Morgan fingerprint density at radius 1 is 1.11 bits per heavy atom. The van der Waals surface area contributed by atoms with Gasteiger partial charge in [0.25, 0.3) is 0 Å². The molecule has 6 heteroatoms. The van der Waals surface area contributed by atoms with Crippen LogP contribution in [0.5, 0.6) is 0 Å². The van der Waals surface area contributed by atoms with Crippen molar-refractivity contribution >= 4 is 24.2 Å². The molecule has 2 aliphatic heterocycles. The summed E-state index contributed by atoms with van der Waals surface area (Å²) in [5, 5.41) is 6.33. The molecule has 0 bridgehead atoms. The fourth-order valence-electron chi connectivity index (χ4n) is 4.76. The van der Waals surface area contributed by atoms with Gasteiger partial charge in [0.2, 0.25) is 11.8 Å². The molecule has 5 nitrogen and oxygen atoms in total. The molecule has 1 aromatic carbocycles. The van der Waals surface area contributed by atoms with Crippen molar-refractivity contribution in [2.45, 2.75) is 57.4 Å². The van der Waals surface area contributed by atoms with Gasteiger partial charge in [0.1, 0.15) is 0 Å². The molecule has 2 N–H and O–H groups in total. The Balaban J connectivity index is 0.00000225. The largest absolute Gasteiger partial charge is 0.354 e. The highest BCUT2D eigenvalue weighted by Gasteiger charge is 2.26. The van der Waals surface area contributed by atoms with Gasteiger partial charge < -0.3 is 15.5 Å². The number of aryl methyl sites for hydroxylation is 2. The number of hydrogen-bond donors (Lipinski definition) is 2. The molecule has 4 rings (SSSR count). The van der Waals surface area contributed by atoms with Crippen LogP contribution >= 0.6 is 12.4 Å². The van der Waals surface area contributed by atoms with Gasteiger partial charge in [-0.05, 0) is 74.1 Å². The Bertz CT molecular complexity index is 703. The van der Waals surface area contributed by atoms with E-state index in [4.69, 9.17) is 0 Å². The molecule has 1 aromatic rings. The standard InChI is InChI=1S/C22H31N3O2.ClH/c26-21(13-16-8-9-18-5-1-6-19(18)12-16)25-11-3-4-17(15-25)14-24-22(27)20-7-2-10-23-20;/h8-9,12,17,20,23H,1-7,10-11,13-15H2,(H,24,27);1H. The third kappa shape index (κ3) is 5.06. The minimum Gasteiger partial charge on any atom is -0.354 e. The van der Waals surface area contributed by atoms with E-state index in [1.165, 1.54) is 24.0 Å². The lowest BCUT2D eigenvalue weighted by molar-refractivity contribution is -0.132. The molecule has 1 aliphatic carbocycles. The summed E-state index contributed by atoms with van der Waals surface area (Å²) < 4.78 is 0. The lowest BCUT2D eigenvalue weighted by Gasteiger charge is -2.33. The van der Waals surface area contributed by atoms with Gasteiger partial charge in [-0.3, -0.25) is 9.59 Å². The molecule has 2 unspecified atom stereocenters. The highest BCUT2D eigenvalue weighted by atomic mass is 35.5. The van der Waals surface area contributed by atoms with E-state index in [2.05, 4.69) is 28.8 Å². The average molecular weight is 406 g/mol. The lowest BCUT2D eigenvalue weighted by Crippen LogP contribution is -2.47. The molecular formula is C22H32ClN3O2. The van der Waals surface area contributed by atoms with Gasteiger partial charge in [-0.2, -0.15) is 0 Å². The number of piperidine rings is 1. The number of fused-ring (bicyclic) bond motifs is 1. The minimum absolute atomic E-state index is 0. The van der Waals surface area contributed by atoms with Crippen molar-refractivity contribution in [2.24, 2.45) is 5.92 Å². The molecule has 2 atom stereocenters. The fourth-order valence-corrected chi connectivity index (χ4v) is 4.76. The van der Waals surface area contributed by atoms with Crippen molar-refractivity contribution in [3.05, 3.63) is 34.9 Å². The quantitative estimate of drug-likeness (QED) is 0.789. The molecule has 154 valence electrons. The highest BCUT2D eigenvalue weighted by Crippen LogP contribution is 2.24. The molecule has 28 heavy (non-hydrogen) atoms. The maximum atomic E-state index is 12.8. The third-order valence-electron chi connectivity index (χ3n) is 6.33. The number of likely N-dealkylation sites (tertiary alicyclic amines) is 1. The number of hydrogen-bond acceptors (Lipinski definition) is 3. The van der Waals surface area contributed by atoms with Crippen LogP contribution in [0.2, 0.25) is 0 Å². The van der Waals surface area contributed by atoms with Crippen LogP contribution in [0.3, 0.4) is 0 Å². The first-order valence-corrected chi connectivity index (χ1v) is 10.6. The summed E-state index contributed by atoms with van der Waals surface area (Å²) in [6.07, 6.45) is 8.19. The second-order valence-electron chi connectivity index (χ2n) is 8.38. The lowest BCUT2D eigenvalue weighted by atomic mass is 9.96. The van der Waals surface area contributed by atoms with Crippen LogP contribution in [0.15, 0.2) is 18.2 Å². The zero-order valence-corrected chi connectivity index (χ0v) is 17.4. The SMILES string of the molecule is Cl.O=C(NCC1CCCN(C(=O)Cc2ccc3c(c2)CCC3)C1)C1CCCN1. The number of rotatable bonds is 5. The van der Waals surface area contributed by atoms with Crippen LogP contribution in [-0.4, -0.2) is 48.9 Å². The molecule has 0 saturated carbocycles. The predicted octanol–water partition coefficient (Wildman–Crippen LogP) is 2.25. The monoisotopic (exact) mass is 405 g/mol.